The van der Waals surface area contributed by atoms with Crippen molar-refractivity contribution in [1.29, 1.82) is 0 Å². The van der Waals surface area contributed by atoms with Crippen LogP contribution in [0.15, 0.2) is 24.3 Å². The van der Waals surface area contributed by atoms with Crippen molar-refractivity contribution in [2.24, 2.45) is 0 Å². The molecule has 0 unspecified atom stereocenters. The van der Waals surface area contributed by atoms with Gasteiger partial charge in [0.05, 0.1) is 12.7 Å². The Labute approximate surface area is 101 Å². The normalized spacial score (nSPS) is 10.6. The molecule has 0 spiro atoms. The number of methoxy groups -OCH3 is 1. The molecule has 0 radical (unpaired) electrons. The number of ether oxygens (including phenoxy) is 3. The van der Waals surface area contributed by atoms with Gasteiger partial charge in [0.2, 0.25) is 0 Å². The fourth-order valence-electron chi connectivity index (χ4n) is 1.53. The molecule has 0 aromatic heterocycles. The molecule has 0 heterocycles. The van der Waals surface area contributed by atoms with Crippen LogP contribution in [-0.2, 0) is 14.2 Å². The van der Waals surface area contributed by atoms with Crippen molar-refractivity contribution < 1.29 is 19.0 Å². The lowest BCUT2D eigenvalue weighted by Gasteiger charge is -2.19. The largest absolute Gasteiger partial charge is 0.465 e. The summed E-state index contributed by atoms with van der Waals surface area (Å²) in [6, 6.07) is 7.13. The van der Waals surface area contributed by atoms with E-state index in [1.54, 1.807) is 12.1 Å². The fourth-order valence-corrected chi connectivity index (χ4v) is 1.53. The molecule has 1 rings (SSSR count). The van der Waals surface area contributed by atoms with Gasteiger partial charge in [0.1, 0.15) is 0 Å². The van der Waals surface area contributed by atoms with Crippen LogP contribution < -0.4 is 0 Å². The van der Waals surface area contributed by atoms with Gasteiger partial charge in [-0.05, 0) is 19.9 Å². The Morgan fingerprint density at radius 3 is 2.29 bits per heavy atom. The second kappa shape index (κ2) is 7.04. The van der Waals surface area contributed by atoms with E-state index in [4.69, 9.17) is 14.2 Å². The van der Waals surface area contributed by atoms with Crippen LogP contribution in [0.2, 0.25) is 0 Å². The van der Waals surface area contributed by atoms with Crippen molar-refractivity contribution in [2.75, 3.05) is 20.3 Å². The van der Waals surface area contributed by atoms with Crippen LogP contribution in [0.1, 0.15) is 36.1 Å². The minimum absolute atomic E-state index is 0.384. The summed E-state index contributed by atoms with van der Waals surface area (Å²) < 4.78 is 15.7. The van der Waals surface area contributed by atoms with E-state index >= 15 is 0 Å². The van der Waals surface area contributed by atoms with Gasteiger partial charge in [0, 0.05) is 18.8 Å². The van der Waals surface area contributed by atoms with Crippen molar-refractivity contribution in [1.82, 2.24) is 0 Å². The highest BCUT2D eigenvalue weighted by Crippen LogP contribution is 2.23. The first kappa shape index (κ1) is 13.7. The van der Waals surface area contributed by atoms with Crippen LogP contribution in [0.5, 0.6) is 0 Å². The molecule has 0 aliphatic rings. The molecule has 1 aromatic carbocycles. The van der Waals surface area contributed by atoms with Gasteiger partial charge in [-0.1, -0.05) is 18.2 Å². The molecular weight excluding hydrogens is 220 g/mol. The molecule has 17 heavy (non-hydrogen) atoms. The maximum absolute atomic E-state index is 11.6. The van der Waals surface area contributed by atoms with E-state index in [2.05, 4.69) is 0 Å². The van der Waals surface area contributed by atoms with Crippen molar-refractivity contribution in [2.45, 2.75) is 20.1 Å². The summed E-state index contributed by atoms with van der Waals surface area (Å²) in [4.78, 5) is 11.6. The maximum Gasteiger partial charge on any atom is 0.338 e. The molecule has 94 valence electrons. The van der Waals surface area contributed by atoms with Crippen molar-refractivity contribution >= 4 is 5.97 Å². The third-order valence-corrected chi connectivity index (χ3v) is 2.26. The summed E-state index contributed by atoms with van der Waals surface area (Å²) >= 11 is 0. The zero-order valence-corrected chi connectivity index (χ0v) is 10.4. The highest BCUT2D eigenvalue weighted by Gasteiger charge is 2.19. The maximum atomic E-state index is 11.6. The third-order valence-electron chi connectivity index (χ3n) is 2.26. The Bertz CT molecular complexity index is 356. The van der Waals surface area contributed by atoms with Gasteiger partial charge >= 0.3 is 5.97 Å². The Hall–Kier alpha value is -1.39. The second-order valence-corrected chi connectivity index (χ2v) is 3.32. The van der Waals surface area contributed by atoms with E-state index < -0.39 is 6.29 Å². The number of rotatable bonds is 6. The van der Waals surface area contributed by atoms with Gasteiger partial charge in [-0.2, -0.15) is 0 Å². The number of hydrogen-bond donors (Lipinski definition) is 0. The molecule has 0 saturated carbocycles. The Morgan fingerprint density at radius 2 is 1.76 bits per heavy atom. The lowest BCUT2D eigenvalue weighted by Crippen LogP contribution is -2.14. The third kappa shape index (κ3) is 3.54. The Morgan fingerprint density at radius 1 is 1.18 bits per heavy atom. The smallest absolute Gasteiger partial charge is 0.338 e. The number of hydrogen-bond acceptors (Lipinski definition) is 4. The Kier molecular flexibility index (Phi) is 5.66. The lowest BCUT2D eigenvalue weighted by atomic mass is 10.1. The summed E-state index contributed by atoms with van der Waals surface area (Å²) in [5, 5.41) is 0. The van der Waals surface area contributed by atoms with E-state index in [-0.39, 0.29) is 5.97 Å². The van der Waals surface area contributed by atoms with Crippen LogP contribution >= 0.6 is 0 Å². The number of carbonyl (C=O) groups excluding carboxylic acids is 1. The lowest BCUT2D eigenvalue weighted by molar-refractivity contribution is -0.140. The van der Waals surface area contributed by atoms with Crippen molar-refractivity contribution in [3.63, 3.8) is 0 Å². The zero-order valence-electron chi connectivity index (χ0n) is 10.4. The molecule has 0 aliphatic heterocycles. The van der Waals surface area contributed by atoms with Gasteiger partial charge in [-0.25, -0.2) is 4.79 Å². The van der Waals surface area contributed by atoms with Crippen molar-refractivity contribution in [3.8, 4) is 0 Å². The van der Waals surface area contributed by atoms with E-state index in [1.807, 2.05) is 26.0 Å². The van der Waals surface area contributed by atoms with Crippen LogP contribution in [0.25, 0.3) is 0 Å². The monoisotopic (exact) mass is 238 g/mol. The average molecular weight is 238 g/mol. The minimum Gasteiger partial charge on any atom is -0.465 e. The van der Waals surface area contributed by atoms with Crippen LogP contribution in [0.3, 0.4) is 0 Å². The standard InChI is InChI=1S/C13H18O4/c1-4-16-13(17-5-2)11-9-7-6-8-10(11)12(14)15-3/h6-9,13H,4-5H2,1-3H3. The van der Waals surface area contributed by atoms with E-state index in [9.17, 15) is 4.79 Å². The molecule has 4 nitrogen and oxygen atoms in total. The quantitative estimate of drug-likeness (QED) is 0.564. The predicted molar refractivity (Wildman–Crippen MR) is 63.8 cm³/mol. The molecule has 4 heteroatoms. The fraction of sp³-hybridized carbons (Fsp3) is 0.462. The molecule has 1 aromatic rings. The Balaban J connectivity index is 3.04. The number of benzene rings is 1. The predicted octanol–water partition coefficient (Wildman–Crippen LogP) is 2.54. The molecule has 0 aliphatic carbocycles. The molecule has 0 saturated heterocycles. The van der Waals surface area contributed by atoms with Gasteiger partial charge in [0.25, 0.3) is 0 Å². The van der Waals surface area contributed by atoms with Crippen LogP contribution in [0, 0.1) is 0 Å². The average Bonchev–Trinajstić information content (AvgIpc) is 2.37. The zero-order chi connectivity index (χ0) is 12.7. The molecule has 0 bridgehead atoms. The summed E-state index contributed by atoms with van der Waals surface area (Å²) in [5.74, 6) is -0.384. The van der Waals surface area contributed by atoms with Gasteiger partial charge < -0.3 is 14.2 Å². The van der Waals surface area contributed by atoms with Crippen LogP contribution in [-0.4, -0.2) is 26.3 Å². The molecule has 0 N–H and O–H groups in total. The number of carbonyl (C=O) groups is 1. The second-order valence-electron chi connectivity index (χ2n) is 3.32. The van der Waals surface area contributed by atoms with E-state index in [0.717, 1.165) is 0 Å². The summed E-state index contributed by atoms with van der Waals surface area (Å²) in [7, 11) is 1.36. The minimum atomic E-state index is -0.528. The van der Waals surface area contributed by atoms with E-state index in [1.165, 1.54) is 7.11 Å². The highest BCUT2D eigenvalue weighted by molar-refractivity contribution is 5.91. The highest BCUT2D eigenvalue weighted by atomic mass is 16.7. The first-order valence-corrected chi connectivity index (χ1v) is 5.65. The van der Waals surface area contributed by atoms with Gasteiger partial charge in [-0.15, -0.1) is 0 Å². The van der Waals surface area contributed by atoms with Gasteiger partial charge in [0.15, 0.2) is 6.29 Å². The summed E-state index contributed by atoms with van der Waals surface area (Å²) in [6.07, 6.45) is -0.528. The van der Waals surface area contributed by atoms with Crippen molar-refractivity contribution in [3.05, 3.63) is 35.4 Å². The SMILES string of the molecule is CCOC(OCC)c1ccccc1C(=O)OC. The van der Waals surface area contributed by atoms with E-state index in [0.29, 0.717) is 24.3 Å². The molecule has 0 atom stereocenters. The molecular formula is C13H18O4. The van der Waals surface area contributed by atoms with Crippen LogP contribution in [0.4, 0.5) is 0 Å². The first-order chi connectivity index (χ1) is 8.24. The molecule has 0 fully saturated rings. The summed E-state index contributed by atoms with van der Waals surface area (Å²) in [6.45, 7) is 4.79. The first-order valence-electron chi connectivity index (χ1n) is 5.65. The molecule has 0 amide bonds. The topological polar surface area (TPSA) is 44.8 Å². The summed E-state index contributed by atoms with van der Waals surface area (Å²) in [5.41, 5.74) is 1.17. The number of esters is 1. The van der Waals surface area contributed by atoms with Gasteiger partial charge in [-0.3, -0.25) is 0 Å².